The number of pyridine rings is 1. The molecule has 5 heteroatoms. The van der Waals surface area contributed by atoms with Crippen molar-refractivity contribution >= 4 is 22.4 Å². The number of hydrogen-bond acceptors (Lipinski definition) is 4. The molecule has 1 aromatic heterocycles. The second-order valence-electron chi connectivity index (χ2n) is 7.31. The number of nitrogens with zero attached hydrogens (tertiary/aromatic N) is 3. The summed E-state index contributed by atoms with van der Waals surface area (Å²) in [5.74, 6) is 0.510. The van der Waals surface area contributed by atoms with Gasteiger partial charge in [0, 0.05) is 36.3 Å². The molecule has 138 valence electrons. The number of rotatable bonds is 3. The molecule has 0 amide bonds. The molecule has 0 unspecified atom stereocenters. The minimum absolute atomic E-state index is 0.510. The van der Waals surface area contributed by atoms with Crippen molar-refractivity contribution in [3.63, 3.8) is 0 Å². The number of fused-ring (bicyclic) bond motifs is 3. The Morgan fingerprint density at radius 2 is 1.70 bits per heavy atom. The van der Waals surface area contributed by atoms with Gasteiger partial charge in [0.15, 0.2) is 5.84 Å². The van der Waals surface area contributed by atoms with E-state index < -0.39 is 0 Å². The topological polar surface area (TPSA) is 80.5 Å². The van der Waals surface area contributed by atoms with Crippen LogP contribution in [0.25, 0.3) is 22.2 Å². The lowest BCUT2D eigenvalue weighted by Crippen LogP contribution is -2.18. The van der Waals surface area contributed by atoms with E-state index in [4.69, 9.17) is 16.5 Å². The lowest BCUT2D eigenvalue weighted by molar-refractivity contribution is 0.437. The number of aromatic nitrogens is 1. The fourth-order valence-electron chi connectivity index (χ4n) is 3.86. The fraction of sp³-hybridized carbons (Fsp3) is 0.273. The maximum atomic E-state index is 6.06. The lowest BCUT2D eigenvalue weighted by atomic mass is 9.86. The zero-order valence-electron chi connectivity index (χ0n) is 15.9. The van der Waals surface area contributed by atoms with Crippen LogP contribution in [0.3, 0.4) is 0 Å². The molecule has 27 heavy (non-hydrogen) atoms. The van der Waals surface area contributed by atoms with Crippen molar-refractivity contribution in [1.29, 1.82) is 0 Å². The largest absolute Gasteiger partial charge is 0.399 e. The summed E-state index contributed by atoms with van der Waals surface area (Å²) in [4.78, 5) is 5.00. The smallest absolute Gasteiger partial charge is 0.150 e. The van der Waals surface area contributed by atoms with E-state index in [9.17, 15) is 0 Å². The van der Waals surface area contributed by atoms with E-state index in [1.54, 1.807) is 5.01 Å². The summed E-state index contributed by atoms with van der Waals surface area (Å²) in [5.41, 5.74) is 19.8. The molecule has 1 heterocycles. The Hall–Kier alpha value is -3.08. The third-order valence-electron chi connectivity index (χ3n) is 5.09. The molecule has 0 radical (unpaired) electrons. The lowest BCUT2D eigenvalue weighted by Gasteiger charge is -2.21. The van der Waals surface area contributed by atoms with E-state index in [1.165, 1.54) is 29.4 Å². The van der Waals surface area contributed by atoms with Crippen molar-refractivity contribution in [3.8, 4) is 11.3 Å². The van der Waals surface area contributed by atoms with Gasteiger partial charge in [-0.3, -0.25) is 0 Å². The van der Waals surface area contributed by atoms with Gasteiger partial charge in [0.25, 0.3) is 0 Å². The highest BCUT2D eigenvalue weighted by Gasteiger charge is 2.19. The average molecular weight is 359 g/mol. The van der Waals surface area contributed by atoms with E-state index in [-0.39, 0.29) is 0 Å². The number of benzene rings is 2. The van der Waals surface area contributed by atoms with Gasteiger partial charge in [0.1, 0.15) is 0 Å². The van der Waals surface area contributed by atoms with Crippen LogP contribution in [0.15, 0.2) is 47.6 Å². The van der Waals surface area contributed by atoms with Gasteiger partial charge in [-0.2, -0.15) is 5.10 Å². The predicted molar refractivity (Wildman–Crippen MR) is 113 cm³/mol. The van der Waals surface area contributed by atoms with Crippen molar-refractivity contribution < 1.29 is 0 Å². The van der Waals surface area contributed by atoms with E-state index in [0.717, 1.165) is 40.9 Å². The molecule has 1 aliphatic carbocycles. The predicted octanol–water partition coefficient (Wildman–Crippen LogP) is 3.54. The van der Waals surface area contributed by atoms with Crippen LogP contribution in [0.4, 0.5) is 5.69 Å². The second-order valence-corrected chi connectivity index (χ2v) is 7.31. The SMILES string of the molecule is CN(C)/N=C(\N)c1ccc(-c2nc3ccc(N)cc3c3c2CCCC3)cc1. The highest BCUT2D eigenvalue weighted by Crippen LogP contribution is 2.35. The van der Waals surface area contributed by atoms with Crippen LogP contribution in [0.1, 0.15) is 29.5 Å². The van der Waals surface area contributed by atoms with Gasteiger partial charge in [-0.15, -0.1) is 0 Å². The molecule has 0 bridgehead atoms. The summed E-state index contributed by atoms with van der Waals surface area (Å²) in [5, 5.41) is 7.18. The number of hydrogen-bond donors (Lipinski definition) is 2. The number of amidine groups is 1. The molecule has 4 N–H and O–H groups in total. The molecular formula is C22H25N5. The van der Waals surface area contributed by atoms with Gasteiger partial charge in [-0.05, 0) is 55.0 Å². The van der Waals surface area contributed by atoms with Crippen LogP contribution in [0.5, 0.6) is 0 Å². The summed E-state index contributed by atoms with van der Waals surface area (Å²) in [6.45, 7) is 0. The number of hydrazone groups is 1. The first-order chi connectivity index (χ1) is 13.0. The second kappa shape index (κ2) is 6.91. The zero-order chi connectivity index (χ0) is 19.0. The summed E-state index contributed by atoms with van der Waals surface area (Å²) < 4.78 is 0. The first kappa shape index (κ1) is 17.3. The molecule has 2 aromatic carbocycles. The Kier molecular flexibility index (Phi) is 4.44. The Balaban J connectivity index is 1.83. The van der Waals surface area contributed by atoms with Crippen molar-refractivity contribution in [3.05, 3.63) is 59.2 Å². The number of aryl methyl sites for hydroxylation is 1. The maximum Gasteiger partial charge on any atom is 0.150 e. The summed E-state index contributed by atoms with van der Waals surface area (Å²) >= 11 is 0. The zero-order valence-corrected chi connectivity index (χ0v) is 15.9. The summed E-state index contributed by atoms with van der Waals surface area (Å²) in [6, 6.07) is 14.2. The highest BCUT2D eigenvalue weighted by atomic mass is 15.4. The van der Waals surface area contributed by atoms with E-state index in [2.05, 4.69) is 23.3 Å². The molecular weight excluding hydrogens is 334 g/mol. The third-order valence-corrected chi connectivity index (χ3v) is 5.09. The van der Waals surface area contributed by atoms with Crippen LogP contribution in [-0.4, -0.2) is 29.9 Å². The number of nitrogen functional groups attached to an aromatic ring is 1. The summed E-state index contributed by atoms with van der Waals surface area (Å²) in [7, 11) is 3.72. The highest BCUT2D eigenvalue weighted by molar-refractivity contribution is 5.98. The molecule has 3 aromatic rings. The normalized spacial score (nSPS) is 14.2. The fourth-order valence-corrected chi connectivity index (χ4v) is 3.86. The van der Waals surface area contributed by atoms with Gasteiger partial charge in [-0.25, -0.2) is 4.98 Å². The number of nitrogens with two attached hydrogens (primary N) is 2. The van der Waals surface area contributed by atoms with Crippen LogP contribution in [0.2, 0.25) is 0 Å². The molecule has 4 rings (SSSR count). The van der Waals surface area contributed by atoms with Gasteiger partial charge in [0.2, 0.25) is 0 Å². The minimum atomic E-state index is 0.510. The van der Waals surface area contributed by atoms with Crippen molar-refractivity contribution in [1.82, 2.24) is 9.99 Å². The van der Waals surface area contributed by atoms with Crippen molar-refractivity contribution in [2.45, 2.75) is 25.7 Å². The van der Waals surface area contributed by atoms with E-state index in [0.29, 0.717) is 5.84 Å². The minimum Gasteiger partial charge on any atom is -0.399 e. The maximum absolute atomic E-state index is 6.06. The molecule has 0 aliphatic heterocycles. The number of anilines is 1. The standard InChI is InChI=1S/C22H25N5/c1-27(2)26-22(24)15-9-7-14(8-10-15)21-18-6-4-3-5-17(18)19-13-16(23)11-12-20(19)25-21/h7-13H,3-6,23H2,1-2H3,(H2,24,26). The van der Waals surface area contributed by atoms with Gasteiger partial charge in [0.05, 0.1) is 11.2 Å². The molecule has 1 aliphatic rings. The Morgan fingerprint density at radius 3 is 2.41 bits per heavy atom. The molecule has 5 nitrogen and oxygen atoms in total. The Bertz CT molecular complexity index is 1020. The molecule has 0 spiro atoms. The Morgan fingerprint density at radius 1 is 1.00 bits per heavy atom. The van der Waals surface area contributed by atoms with E-state index in [1.807, 2.05) is 38.4 Å². The quantitative estimate of drug-likeness (QED) is 0.324. The van der Waals surface area contributed by atoms with Crippen LogP contribution in [-0.2, 0) is 12.8 Å². The van der Waals surface area contributed by atoms with Gasteiger partial charge < -0.3 is 16.5 Å². The third kappa shape index (κ3) is 3.33. The van der Waals surface area contributed by atoms with Gasteiger partial charge >= 0.3 is 0 Å². The average Bonchev–Trinajstić information content (AvgIpc) is 2.67. The first-order valence-electron chi connectivity index (χ1n) is 9.36. The molecule has 0 saturated carbocycles. The first-order valence-corrected chi connectivity index (χ1v) is 9.36. The van der Waals surface area contributed by atoms with Crippen LogP contribution < -0.4 is 11.5 Å². The van der Waals surface area contributed by atoms with Crippen LogP contribution in [0, 0.1) is 0 Å². The van der Waals surface area contributed by atoms with Crippen molar-refractivity contribution in [2.24, 2.45) is 10.8 Å². The molecule has 0 fully saturated rings. The monoisotopic (exact) mass is 359 g/mol. The van der Waals surface area contributed by atoms with Crippen LogP contribution >= 0.6 is 0 Å². The summed E-state index contributed by atoms with van der Waals surface area (Å²) in [6.07, 6.45) is 4.58. The Labute approximate surface area is 159 Å². The van der Waals surface area contributed by atoms with Gasteiger partial charge in [-0.1, -0.05) is 24.3 Å². The molecule has 0 saturated heterocycles. The van der Waals surface area contributed by atoms with Crippen molar-refractivity contribution in [2.75, 3.05) is 19.8 Å². The molecule has 0 atom stereocenters. The van der Waals surface area contributed by atoms with E-state index >= 15 is 0 Å².